The highest BCUT2D eigenvalue weighted by atomic mass is 79.9. The maximum atomic E-state index is 11.3. The number of benzene rings is 1. The molecule has 4 nitrogen and oxygen atoms in total. The molecule has 0 atom stereocenters. The molecule has 0 aromatic heterocycles. The van der Waals surface area contributed by atoms with Crippen LogP contribution in [-0.4, -0.2) is 18.5 Å². The molecular formula is C10H9Br2NO3. The first kappa shape index (κ1) is 13.2. The topological polar surface area (TPSA) is 55.4 Å². The van der Waals surface area contributed by atoms with Gasteiger partial charge in [-0.1, -0.05) is 15.9 Å². The number of hydrogen-bond donors (Lipinski definition) is 1. The number of halogens is 2. The van der Waals surface area contributed by atoms with Crippen molar-refractivity contribution >= 4 is 49.4 Å². The Hall–Kier alpha value is -0.880. The summed E-state index contributed by atoms with van der Waals surface area (Å²) in [4.78, 5) is 21.8. The third-order valence-electron chi connectivity index (χ3n) is 1.61. The van der Waals surface area contributed by atoms with E-state index in [0.717, 1.165) is 8.95 Å². The lowest BCUT2D eigenvalue weighted by Crippen LogP contribution is -2.19. The third-order valence-corrected chi connectivity index (χ3v) is 2.76. The predicted molar refractivity (Wildman–Crippen MR) is 67.1 cm³/mol. The van der Waals surface area contributed by atoms with Crippen LogP contribution in [0.4, 0.5) is 5.69 Å². The van der Waals surface area contributed by atoms with Gasteiger partial charge >= 0.3 is 5.97 Å². The summed E-state index contributed by atoms with van der Waals surface area (Å²) >= 11 is 6.60. The summed E-state index contributed by atoms with van der Waals surface area (Å²) in [6.45, 7) is 0.973. The minimum Gasteiger partial charge on any atom is -0.456 e. The van der Waals surface area contributed by atoms with Gasteiger partial charge < -0.3 is 10.1 Å². The van der Waals surface area contributed by atoms with Crippen LogP contribution in [-0.2, 0) is 14.3 Å². The Morgan fingerprint density at radius 3 is 2.62 bits per heavy atom. The van der Waals surface area contributed by atoms with Crippen LogP contribution in [0, 0.1) is 0 Å². The maximum Gasteiger partial charge on any atom is 0.303 e. The molecule has 0 saturated carbocycles. The second kappa shape index (κ2) is 6.00. The molecule has 86 valence electrons. The number of carbonyl (C=O) groups excluding carboxylic acids is 2. The highest BCUT2D eigenvalue weighted by Gasteiger charge is 2.07. The summed E-state index contributed by atoms with van der Waals surface area (Å²) in [5, 5.41) is 2.61. The monoisotopic (exact) mass is 349 g/mol. The lowest BCUT2D eigenvalue weighted by atomic mass is 10.3. The molecule has 1 N–H and O–H groups in total. The number of amides is 1. The zero-order chi connectivity index (χ0) is 12.1. The van der Waals surface area contributed by atoms with Crippen molar-refractivity contribution in [1.29, 1.82) is 0 Å². The van der Waals surface area contributed by atoms with Gasteiger partial charge in [-0.3, -0.25) is 9.59 Å². The Balaban J connectivity index is 2.59. The van der Waals surface area contributed by atoms with Crippen molar-refractivity contribution < 1.29 is 14.3 Å². The van der Waals surface area contributed by atoms with Gasteiger partial charge in [0, 0.05) is 15.9 Å². The van der Waals surface area contributed by atoms with E-state index < -0.39 is 5.97 Å². The molecule has 1 aromatic carbocycles. The van der Waals surface area contributed by atoms with Gasteiger partial charge in [-0.05, 0) is 34.1 Å². The minimum absolute atomic E-state index is 0.280. The first-order valence-electron chi connectivity index (χ1n) is 4.37. The lowest BCUT2D eigenvalue weighted by molar-refractivity contribution is -0.144. The molecule has 0 unspecified atom stereocenters. The molecule has 0 heterocycles. The van der Waals surface area contributed by atoms with Crippen LogP contribution in [0.15, 0.2) is 27.1 Å². The number of nitrogens with one attached hydrogen (secondary N) is 1. The van der Waals surface area contributed by atoms with Crippen molar-refractivity contribution in [3.63, 3.8) is 0 Å². The lowest BCUT2D eigenvalue weighted by Gasteiger charge is -2.07. The van der Waals surface area contributed by atoms with E-state index in [9.17, 15) is 9.59 Å². The van der Waals surface area contributed by atoms with E-state index in [-0.39, 0.29) is 12.5 Å². The molecule has 0 aliphatic rings. The van der Waals surface area contributed by atoms with Gasteiger partial charge in [-0.25, -0.2) is 0 Å². The fourth-order valence-electron chi connectivity index (χ4n) is 0.944. The number of ether oxygens (including phenoxy) is 1. The fourth-order valence-corrected chi connectivity index (χ4v) is 2.09. The van der Waals surface area contributed by atoms with Gasteiger partial charge in [-0.15, -0.1) is 0 Å². The molecule has 0 radical (unpaired) electrons. The summed E-state index contributed by atoms with van der Waals surface area (Å²) in [6.07, 6.45) is 0. The molecule has 6 heteroatoms. The summed E-state index contributed by atoms with van der Waals surface area (Å²) < 4.78 is 6.21. The first-order chi connectivity index (χ1) is 7.49. The Labute approximate surface area is 110 Å². The van der Waals surface area contributed by atoms with E-state index in [1.807, 2.05) is 0 Å². The molecule has 0 aliphatic heterocycles. The predicted octanol–water partition coefficient (Wildman–Crippen LogP) is 2.71. The average Bonchev–Trinajstić information content (AvgIpc) is 2.19. The zero-order valence-corrected chi connectivity index (χ0v) is 11.6. The van der Waals surface area contributed by atoms with E-state index in [2.05, 4.69) is 41.9 Å². The minimum atomic E-state index is -0.481. The van der Waals surface area contributed by atoms with Crippen LogP contribution in [0.5, 0.6) is 0 Å². The molecule has 1 aromatic rings. The number of rotatable bonds is 3. The summed E-state index contributed by atoms with van der Waals surface area (Å²) in [5.41, 5.74) is 0.625. The standard InChI is InChI=1S/C10H9Br2NO3/c1-6(14)16-5-10(15)13-9-3-2-7(11)4-8(9)12/h2-4H,5H2,1H3,(H,13,15). The van der Waals surface area contributed by atoms with E-state index >= 15 is 0 Å². The van der Waals surface area contributed by atoms with Gasteiger partial charge in [0.05, 0.1) is 5.69 Å². The third kappa shape index (κ3) is 4.32. The molecule has 0 fully saturated rings. The van der Waals surface area contributed by atoms with E-state index in [1.54, 1.807) is 18.2 Å². The highest BCUT2D eigenvalue weighted by Crippen LogP contribution is 2.25. The van der Waals surface area contributed by atoms with Gasteiger partial charge in [0.2, 0.25) is 0 Å². The van der Waals surface area contributed by atoms with Crippen LogP contribution in [0.3, 0.4) is 0 Å². The zero-order valence-electron chi connectivity index (χ0n) is 8.42. The van der Waals surface area contributed by atoms with Gasteiger partial charge in [0.25, 0.3) is 5.91 Å². The van der Waals surface area contributed by atoms with Crippen molar-refractivity contribution in [2.45, 2.75) is 6.92 Å². The van der Waals surface area contributed by atoms with Crippen LogP contribution < -0.4 is 5.32 Å². The Morgan fingerprint density at radius 1 is 1.38 bits per heavy atom. The van der Waals surface area contributed by atoms with E-state index in [0.29, 0.717) is 5.69 Å². The number of anilines is 1. The molecule has 16 heavy (non-hydrogen) atoms. The van der Waals surface area contributed by atoms with Crippen LogP contribution in [0.2, 0.25) is 0 Å². The number of hydrogen-bond acceptors (Lipinski definition) is 3. The molecule has 0 saturated heterocycles. The van der Waals surface area contributed by atoms with Crippen molar-refractivity contribution in [3.8, 4) is 0 Å². The summed E-state index contributed by atoms with van der Waals surface area (Å²) in [6, 6.07) is 5.34. The summed E-state index contributed by atoms with van der Waals surface area (Å²) in [5.74, 6) is -0.858. The van der Waals surface area contributed by atoms with Gasteiger partial charge in [-0.2, -0.15) is 0 Å². The first-order valence-corrected chi connectivity index (χ1v) is 5.96. The normalized spacial score (nSPS) is 9.69. The molecular weight excluding hydrogens is 342 g/mol. The molecule has 1 amide bonds. The molecule has 0 aliphatic carbocycles. The highest BCUT2D eigenvalue weighted by molar-refractivity contribution is 9.11. The van der Waals surface area contributed by atoms with Gasteiger partial charge in [0.1, 0.15) is 0 Å². The molecule has 0 bridgehead atoms. The molecule has 0 spiro atoms. The number of esters is 1. The Morgan fingerprint density at radius 2 is 2.06 bits per heavy atom. The average molecular weight is 351 g/mol. The van der Waals surface area contributed by atoms with E-state index in [4.69, 9.17) is 0 Å². The van der Waals surface area contributed by atoms with Crippen molar-refractivity contribution in [1.82, 2.24) is 0 Å². The summed E-state index contributed by atoms with van der Waals surface area (Å²) in [7, 11) is 0. The second-order valence-electron chi connectivity index (χ2n) is 2.95. The van der Waals surface area contributed by atoms with Crippen LogP contribution >= 0.6 is 31.9 Å². The largest absolute Gasteiger partial charge is 0.456 e. The van der Waals surface area contributed by atoms with Crippen LogP contribution in [0.25, 0.3) is 0 Å². The van der Waals surface area contributed by atoms with Crippen molar-refractivity contribution in [2.24, 2.45) is 0 Å². The van der Waals surface area contributed by atoms with Crippen LogP contribution in [0.1, 0.15) is 6.92 Å². The smallest absolute Gasteiger partial charge is 0.303 e. The number of carbonyl (C=O) groups is 2. The Bertz CT molecular complexity index is 421. The maximum absolute atomic E-state index is 11.3. The SMILES string of the molecule is CC(=O)OCC(=O)Nc1ccc(Br)cc1Br. The second-order valence-corrected chi connectivity index (χ2v) is 4.72. The van der Waals surface area contributed by atoms with Crippen molar-refractivity contribution in [3.05, 3.63) is 27.1 Å². The Kier molecular flexibility index (Phi) is 4.95. The van der Waals surface area contributed by atoms with E-state index in [1.165, 1.54) is 6.92 Å². The van der Waals surface area contributed by atoms with Crippen molar-refractivity contribution in [2.75, 3.05) is 11.9 Å². The quantitative estimate of drug-likeness (QED) is 0.853. The van der Waals surface area contributed by atoms with Gasteiger partial charge in [0.15, 0.2) is 6.61 Å². The molecule has 1 rings (SSSR count). The fraction of sp³-hybridized carbons (Fsp3) is 0.200.